The summed E-state index contributed by atoms with van der Waals surface area (Å²) in [6.45, 7) is 0.279. The summed E-state index contributed by atoms with van der Waals surface area (Å²) in [5, 5.41) is 5.83. The van der Waals surface area contributed by atoms with Crippen molar-refractivity contribution >= 4 is 21.4 Å². The van der Waals surface area contributed by atoms with Crippen LogP contribution in [0.3, 0.4) is 0 Å². The van der Waals surface area contributed by atoms with Gasteiger partial charge in [0, 0.05) is 12.6 Å². The fourth-order valence-electron chi connectivity index (χ4n) is 2.63. The number of pyridine rings is 1. The Bertz CT molecular complexity index is 852. The molecule has 0 saturated carbocycles. The number of carbonyl (C=O) groups is 1. The number of amides is 1. The Morgan fingerprint density at radius 2 is 1.96 bits per heavy atom. The molecule has 3 rings (SSSR count). The molecule has 2 aromatic rings. The molecule has 1 saturated heterocycles. The second-order valence-corrected chi connectivity index (χ2v) is 8.21. The number of halogens is 1. The molecule has 1 fully saturated rings. The Hall–Kier alpha value is -2.48. The molecule has 0 bridgehead atoms. The van der Waals surface area contributed by atoms with E-state index in [2.05, 4.69) is 15.6 Å². The van der Waals surface area contributed by atoms with Crippen molar-refractivity contribution in [1.82, 2.24) is 10.3 Å². The number of carbonyl (C=O) groups excluding carboxylic acids is 1. The molecule has 1 unspecified atom stereocenters. The van der Waals surface area contributed by atoms with Crippen molar-refractivity contribution in [2.24, 2.45) is 0 Å². The molecule has 2 heterocycles. The van der Waals surface area contributed by atoms with Gasteiger partial charge in [-0.2, -0.15) is 0 Å². The first-order valence-electron chi connectivity index (χ1n) is 7.87. The van der Waals surface area contributed by atoms with Crippen LogP contribution in [-0.4, -0.2) is 36.9 Å². The standard InChI is InChI=1S/C17H18FN3O3S/c18-13-3-1-12(2-4-13)9-20-17(22)16-6-5-14(10-19-16)21-15-7-8-25(23,24)11-15/h1-6,10,15,21H,7-9,11H2,(H,20,22). The van der Waals surface area contributed by atoms with Gasteiger partial charge in [0.1, 0.15) is 11.5 Å². The Kier molecular flexibility index (Phi) is 4.98. The summed E-state index contributed by atoms with van der Waals surface area (Å²) in [5.74, 6) is -0.344. The summed E-state index contributed by atoms with van der Waals surface area (Å²) in [4.78, 5) is 16.2. The van der Waals surface area contributed by atoms with E-state index in [9.17, 15) is 17.6 Å². The van der Waals surface area contributed by atoms with Gasteiger partial charge in [-0.25, -0.2) is 17.8 Å². The van der Waals surface area contributed by atoms with Gasteiger partial charge in [0.25, 0.3) is 5.91 Å². The number of anilines is 1. The molecule has 1 aromatic heterocycles. The maximum Gasteiger partial charge on any atom is 0.270 e. The van der Waals surface area contributed by atoms with Gasteiger partial charge < -0.3 is 10.6 Å². The first kappa shape index (κ1) is 17.3. The third kappa shape index (κ3) is 4.76. The Labute approximate surface area is 145 Å². The lowest BCUT2D eigenvalue weighted by Gasteiger charge is -2.12. The number of rotatable bonds is 5. The van der Waals surface area contributed by atoms with Crippen LogP contribution in [0.15, 0.2) is 42.6 Å². The molecule has 132 valence electrons. The fourth-order valence-corrected chi connectivity index (χ4v) is 4.31. The predicted molar refractivity (Wildman–Crippen MR) is 92.5 cm³/mol. The molecule has 0 spiro atoms. The second-order valence-electron chi connectivity index (χ2n) is 5.99. The summed E-state index contributed by atoms with van der Waals surface area (Å²) in [6.07, 6.45) is 2.08. The van der Waals surface area contributed by atoms with Crippen LogP contribution < -0.4 is 10.6 Å². The van der Waals surface area contributed by atoms with Crippen LogP contribution in [0.25, 0.3) is 0 Å². The van der Waals surface area contributed by atoms with Gasteiger partial charge in [-0.15, -0.1) is 0 Å². The number of benzene rings is 1. The van der Waals surface area contributed by atoms with Crippen LogP contribution in [-0.2, 0) is 16.4 Å². The van der Waals surface area contributed by atoms with Crippen LogP contribution in [0.2, 0.25) is 0 Å². The maximum absolute atomic E-state index is 12.8. The fraction of sp³-hybridized carbons (Fsp3) is 0.294. The monoisotopic (exact) mass is 363 g/mol. The van der Waals surface area contributed by atoms with E-state index < -0.39 is 9.84 Å². The predicted octanol–water partition coefficient (Wildman–Crippen LogP) is 1.75. The van der Waals surface area contributed by atoms with Crippen LogP contribution in [0.5, 0.6) is 0 Å². The number of aromatic nitrogens is 1. The van der Waals surface area contributed by atoms with Crippen molar-refractivity contribution in [3.8, 4) is 0 Å². The highest BCUT2D eigenvalue weighted by molar-refractivity contribution is 7.91. The SMILES string of the molecule is O=C(NCc1ccc(F)cc1)c1ccc(NC2CCS(=O)(=O)C2)cn1. The molecule has 1 amide bonds. The van der Waals surface area contributed by atoms with E-state index in [4.69, 9.17) is 0 Å². The smallest absolute Gasteiger partial charge is 0.270 e. The molecular weight excluding hydrogens is 345 g/mol. The summed E-state index contributed by atoms with van der Waals surface area (Å²) in [7, 11) is -2.94. The molecule has 6 nitrogen and oxygen atoms in total. The first-order chi connectivity index (χ1) is 11.9. The zero-order valence-corrected chi connectivity index (χ0v) is 14.2. The summed E-state index contributed by atoms with van der Waals surface area (Å²) >= 11 is 0. The van der Waals surface area contributed by atoms with Crippen molar-refractivity contribution < 1.29 is 17.6 Å². The van der Waals surface area contributed by atoms with Crippen molar-refractivity contribution in [2.75, 3.05) is 16.8 Å². The number of hydrogen-bond acceptors (Lipinski definition) is 5. The second kappa shape index (κ2) is 7.18. The summed E-state index contributed by atoms with van der Waals surface area (Å²) < 4.78 is 35.7. The van der Waals surface area contributed by atoms with Crippen molar-refractivity contribution in [3.63, 3.8) is 0 Å². The number of hydrogen-bond donors (Lipinski definition) is 2. The third-order valence-corrected chi connectivity index (χ3v) is 5.73. The van der Waals surface area contributed by atoms with Gasteiger partial charge in [-0.1, -0.05) is 12.1 Å². The average Bonchev–Trinajstić information content (AvgIpc) is 2.93. The highest BCUT2D eigenvalue weighted by atomic mass is 32.2. The van der Waals surface area contributed by atoms with Gasteiger partial charge in [0.05, 0.1) is 23.4 Å². The van der Waals surface area contributed by atoms with E-state index in [0.29, 0.717) is 12.1 Å². The molecule has 1 aromatic carbocycles. The molecule has 2 N–H and O–H groups in total. The lowest BCUT2D eigenvalue weighted by molar-refractivity contribution is 0.0946. The number of nitrogens with one attached hydrogen (secondary N) is 2. The van der Waals surface area contributed by atoms with Gasteiger partial charge in [0.2, 0.25) is 0 Å². The highest BCUT2D eigenvalue weighted by Gasteiger charge is 2.27. The largest absolute Gasteiger partial charge is 0.380 e. The minimum absolute atomic E-state index is 0.118. The quantitative estimate of drug-likeness (QED) is 0.845. The summed E-state index contributed by atoms with van der Waals surface area (Å²) in [6, 6.07) is 9.03. The lowest BCUT2D eigenvalue weighted by atomic mass is 10.2. The third-order valence-electron chi connectivity index (χ3n) is 3.97. The molecule has 1 atom stereocenters. The molecule has 0 radical (unpaired) electrons. The number of sulfone groups is 1. The lowest BCUT2D eigenvalue weighted by Crippen LogP contribution is -2.24. The van der Waals surface area contributed by atoms with E-state index in [1.165, 1.54) is 18.3 Å². The Balaban J connectivity index is 1.54. The molecule has 0 aliphatic carbocycles. The van der Waals surface area contributed by atoms with Gasteiger partial charge in [-0.05, 0) is 36.2 Å². The van der Waals surface area contributed by atoms with Crippen LogP contribution in [0.1, 0.15) is 22.5 Å². The maximum atomic E-state index is 12.8. The van der Waals surface area contributed by atoms with E-state index in [1.807, 2.05) is 0 Å². The van der Waals surface area contributed by atoms with Crippen molar-refractivity contribution in [3.05, 3.63) is 59.7 Å². The van der Waals surface area contributed by atoms with Crippen LogP contribution >= 0.6 is 0 Å². The molecule has 25 heavy (non-hydrogen) atoms. The van der Waals surface area contributed by atoms with E-state index in [-0.39, 0.29) is 41.5 Å². The highest BCUT2D eigenvalue weighted by Crippen LogP contribution is 2.17. The van der Waals surface area contributed by atoms with Crippen molar-refractivity contribution in [1.29, 1.82) is 0 Å². The molecule has 1 aliphatic heterocycles. The zero-order chi connectivity index (χ0) is 17.9. The summed E-state index contributed by atoms with van der Waals surface area (Å²) in [5.41, 5.74) is 1.72. The van der Waals surface area contributed by atoms with E-state index in [1.54, 1.807) is 24.3 Å². The van der Waals surface area contributed by atoms with Gasteiger partial charge >= 0.3 is 0 Å². The minimum Gasteiger partial charge on any atom is -0.380 e. The first-order valence-corrected chi connectivity index (χ1v) is 9.69. The number of nitrogens with zero attached hydrogens (tertiary/aromatic N) is 1. The minimum atomic E-state index is -2.94. The molecular formula is C17H18FN3O3S. The van der Waals surface area contributed by atoms with Crippen LogP contribution in [0.4, 0.5) is 10.1 Å². The Morgan fingerprint density at radius 1 is 1.20 bits per heavy atom. The van der Waals surface area contributed by atoms with Gasteiger partial charge in [-0.3, -0.25) is 4.79 Å². The van der Waals surface area contributed by atoms with Crippen molar-refractivity contribution in [2.45, 2.75) is 19.0 Å². The van der Waals surface area contributed by atoms with E-state index in [0.717, 1.165) is 5.56 Å². The van der Waals surface area contributed by atoms with E-state index >= 15 is 0 Å². The molecule has 8 heteroatoms. The zero-order valence-electron chi connectivity index (χ0n) is 13.4. The normalized spacial score (nSPS) is 18.7. The molecule has 1 aliphatic rings. The van der Waals surface area contributed by atoms with Gasteiger partial charge in [0.15, 0.2) is 9.84 Å². The average molecular weight is 363 g/mol. The Morgan fingerprint density at radius 3 is 2.56 bits per heavy atom. The topological polar surface area (TPSA) is 88.2 Å². The van der Waals surface area contributed by atoms with Crippen LogP contribution in [0, 0.1) is 5.82 Å².